The number of hydrogen-bond donors (Lipinski definition) is 1. The van der Waals surface area contributed by atoms with Crippen LogP contribution in [0.3, 0.4) is 0 Å². The molecule has 1 heterocycles. The third kappa shape index (κ3) is 2.28. The summed E-state index contributed by atoms with van der Waals surface area (Å²) in [6, 6.07) is 6.58. The number of fused-ring (bicyclic) bond motifs is 1. The number of rotatable bonds is 2. The maximum atomic E-state index is 14.0. The lowest BCUT2D eigenvalue weighted by molar-refractivity contribution is 0.0697. The van der Waals surface area contributed by atoms with E-state index < -0.39 is 29.0 Å². The molecule has 110 valence electrons. The maximum absolute atomic E-state index is 14.0. The molecule has 0 aliphatic rings. The standard InChI is InChI=1S/C16H8F3NO2/c17-9-6-12(18)15(13(19)7-9)10-3-4-20-14-2-1-8(16(21)22)5-11(10)14/h1-7H,(H,21,22). The number of carboxylic acids is 1. The molecule has 0 unspecified atom stereocenters. The van der Waals surface area contributed by atoms with Gasteiger partial charge in [-0.2, -0.15) is 0 Å². The normalized spacial score (nSPS) is 10.9. The summed E-state index contributed by atoms with van der Waals surface area (Å²) in [5, 5.41) is 9.30. The van der Waals surface area contributed by atoms with E-state index in [0.29, 0.717) is 17.6 Å². The number of hydrogen-bond acceptors (Lipinski definition) is 2. The van der Waals surface area contributed by atoms with Gasteiger partial charge in [-0.3, -0.25) is 4.98 Å². The molecule has 1 N–H and O–H groups in total. The van der Waals surface area contributed by atoms with Gasteiger partial charge in [-0.15, -0.1) is 0 Å². The minimum absolute atomic E-state index is 0.0373. The van der Waals surface area contributed by atoms with Gasteiger partial charge in [0.2, 0.25) is 0 Å². The van der Waals surface area contributed by atoms with E-state index >= 15 is 0 Å². The second kappa shape index (κ2) is 5.14. The minimum atomic E-state index is -1.17. The van der Waals surface area contributed by atoms with Crippen molar-refractivity contribution in [2.45, 2.75) is 0 Å². The molecule has 3 rings (SSSR count). The predicted molar refractivity (Wildman–Crippen MR) is 74.0 cm³/mol. The van der Waals surface area contributed by atoms with Crippen molar-refractivity contribution < 1.29 is 23.1 Å². The van der Waals surface area contributed by atoms with Crippen LogP contribution in [0.4, 0.5) is 13.2 Å². The number of nitrogens with zero attached hydrogens (tertiary/aromatic N) is 1. The van der Waals surface area contributed by atoms with Gasteiger partial charge >= 0.3 is 5.97 Å². The van der Waals surface area contributed by atoms with Crippen molar-refractivity contribution in [3.63, 3.8) is 0 Å². The molecule has 22 heavy (non-hydrogen) atoms. The fraction of sp³-hybridized carbons (Fsp3) is 0. The summed E-state index contributed by atoms with van der Waals surface area (Å²) in [5.41, 5.74) is 0.0368. The second-order valence-corrected chi connectivity index (χ2v) is 4.64. The van der Waals surface area contributed by atoms with Crippen molar-refractivity contribution in [1.29, 1.82) is 0 Å². The lowest BCUT2D eigenvalue weighted by Crippen LogP contribution is -1.98. The molecule has 1 aromatic heterocycles. The van der Waals surface area contributed by atoms with Crippen LogP contribution in [0.2, 0.25) is 0 Å². The fourth-order valence-electron chi connectivity index (χ4n) is 2.30. The quantitative estimate of drug-likeness (QED) is 0.778. The lowest BCUT2D eigenvalue weighted by atomic mass is 9.99. The highest BCUT2D eigenvalue weighted by molar-refractivity contribution is 5.99. The van der Waals surface area contributed by atoms with Crippen LogP contribution in [0.5, 0.6) is 0 Å². The van der Waals surface area contributed by atoms with Gasteiger partial charge in [0.15, 0.2) is 0 Å². The van der Waals surface area contributed by atoms with Crippen LogP contribution in [0.1, 0.15) is 10.4 Å². The summed E-state index contributed by atoms with van der Waals surface area (Å²) in [6.45, 7) is 0. The number of halogens is 3. The molecule has 0 spiro atoms. The molecule has 3 nitrogen and oxygen atoms in total. The molecule has 3 aromatic rings. The lowest BCUT2D eigenvalue weighted by Gasteiger charge is -2.09. The summed E-state index contributed by atoms with van der Waals surface area (Å²) < 4.78 is 41.0. The Hall–Kier alpha value is -2.89. The molecular weight excluding hydrogens is 295 g/mol. The average molecular weight is 303 g/mol. The Labute approximate surface area is 122 Å². The maximum Gasteiger partial charge on any atom is 0.335 e. The van der Waals surface area contributed by atoms with Crippen LogP contribution in [-0.4, -0.2) is 16.1 Å². The first-order valence-electron chi connectivity index (χ1n) is 6.24. The molecule has 2 aromatic carbocycles. The van der Waals surface area contributed by atoms with E-state index in [1.807, 2.05) is 0 Å². The Balaban J connectivity index is 2.36. The second-order valence-electron chi connectivity index (χ2n) is 4.64. The smallest absolute Gasteiger partial charge is 0.335 e. The summed E-state index contributed by atoms with van der Waals surface area (Å²) in [5.74, 6) is -4.32. The van der Waals surface area contributed by atoms with E-state index in [4.69, 9.17) is 5.11 Å². The molecule has 0 radical (unpaired) electrons. The van der Waals surface area contributed by atoms with E-state index in [-0.39, 0.29) is 16.5 Å². The number of aromatic carboxylic acids is 1. The number of benzene rings is 2. The Morgan fingerprint density at radius 3 is 2.32 bits per heavy atom. The number of carboxylic acid groups (broad SMARTS) is 1. The van der Waals surface area contributed by atoms with Gasteiger partial charge in [0.25, 0.3) is 0 Å². The first-order valence-corrected chi connectivity index (χ1v) is 6.24. The Morgan fingerprint density at radius 2 is 1.68 bits per heavy atom. The third-order valence-electron chi connectivity index (χ3n) is 3.26. The number of carbonyl (C=O) groups is 1. The monoisotopic (exact) mass is 303 g/mol. The molecular formula is C16H8F3NO2. The molecule has 0 saturated carbocycles. The van der Waals surface area contributed by atoms with Crippen LogP contribution in [0, 0.1) is 17.5 Å². The van der Waals surface area contributed by atoms with Gasteiger partial charge in [-0.05, 0) is 29.8 Å². The molecule has 0 saturated heterocycles. The van der Waals surface area contributed by atoms with Gasteiger partial charge in [0.1, 0.15) is 17.5 Å². The van der Waals surface area contributed by atoms with Crippen LogP contribution >= 0.6 is 0 Å². The van der Waals surface area contributed by atoms with Gasteiger partial charge in [-0.25, -0.2) is 18.0 Å². The largest absolute Gasteiger partial charge is 0.478 e. The third-order valence-corrected chi connectivity index (χ3v) is 3.26. The summed E-state index contributed by atoms with van der Waals surface area (Å²) in [7, 11) is 0. The van der Waals surface area contributed by atoms with E-state index in [0.717, 1.165) is 0 Å². The van der Waals surface area contributed by atoms with E-state index in [9.17, 15) is 18.0 Å². The summed E-state index contributed by atoms with van der Waals surface area (Å²) >= 11 is 0. The van der Waals surface area contributed by atoms with Crippen molar-refractivity contribution in [3.8, 4) is 11.1 Å². The summed E-state index contributed by atoms with van der Waals surface area (Å²) in [6.07, 6.45) is 1.35. The predicted octanol–water partition coefficient (Wildman–Crippen LogP) is 4.02. The Kier molecular flexibility index (Phi) is 3.29. The zero-order valence-corrected chi connectivity index (χ0v) is 11.0. The average Bonchev–Trinajstić information content (AvgIpc) is 2.45. The van der Waals surface area contributed by atoms with Crippen LogP contribution < -0.4 is 0 Å². The highest BCUT2D eigenvalue weighted by atomic mass is 19.1. The van der Waals surface area contributed by atoms with Crippen molar-refractivity contribution in [1.82, 2.24) is 4.98 Å². The number of aromatic nitrogens is 1. The zero-order valence-electron chi connectivity index (χ0n) is 11.0. The molecule has 0 aliphatic heterocycles. The molecule has 0 bridgehead atoms. The first kappa shape index (κ1) is 14.1. The van der Waals surface area contributed by atoms with Crippen LogP contribution in [0.25, 0.3) is 22.0 Å². The van der Waals surface area contributed by atoms with Gasteiger partial charge in [-0.1, -0.05) is 0 Å². The molecule has 0 atom stereocenters. The van der Waals surface area contributed by atoms with Crippen molar-refractivity contribution in [3.05, 3.63) is 65.6 Å². The van der Waals surface area contributed by atoms with Gasteiger partial charge in [0, 0.05) is 23.7 Å². The van der Waals surface area contributed by atoms with Crippen molar-refractivity contribution in [2.75, 3.05) is 0 Å². The molecule has 0 aliphatic carbocycles. The Morgan fingerprint density at radius 1 is 1.00 bits per heavy atom. The SMILES string of the molecule is O=C(O)c1ccc2nccc(-c3c(F)cc(F)cc3F)c2c1. The summed E-state index contributed by atoms with van der Waals surface area (Å²) in [4.78, 5) is 15.1. The van der Waals surface area contributed by atoms with E-state index in [1.54, 1.807) is 0 Å². The highest BCUT2D eigenvalue weighted by Crippen LogP contribution is 2.32. The molecule has 0 fully saturated rings. The van der Waals surface area contributed by atoms with Crippen molar-refractivity contribution in [2.24, 2.45) is 0 Å². The first-order chi connectivity index (χ1) is 10.5. The van der Waals surface area contributed by atoms with E-state index in [2.05, 4.69) is 4.98 Å². The topological polar surface area (TPSA) is 50.2 Å². The molecule has 0 amide bonds. The fourth-order valence-corrected chi connectivity index (χ4v) is 2.30. The van der Waals surface area contributed by atoms with Gasteiger partial charge < -0.3 is 5.11 Å². The van der Waals surface area contributed by atoms with Crippen LogP contribution in [-0.2, 0) is 0 Å². The van der Waals surface area contributed by atoms with Crippen molar-refractivity contribution >= 4 is 16.9 Å². The van der Waals surface area contributed by atoms with Gasteiger partial charge in [0.05, 0.1) is 16.6 Å². The highest BCUT2D eigenvalue weighted by Gasteiger charge is 2.17. The molecule has 6 heteroatoms. The number of pyridine rings is 1. The van der Waals surface area contributed by atoms with E-state index in [1.165, 1.54) is 30.5 Å². The Bertz CT molecular complexity index is 886. The minimum Gasteiger partial charge on any atom is -0.478 e. The van der Waals surface area contributed by atoms with Crippen LogP contribution in [0.15, 0.2) is 42.6 Å². The zero-order chi connectivity index (χ0) is 15.9.